The summed E-state index contributed by atoms with van der Waals surface area (Å²) >= 11 is 1.34. The van der Waals surface area contributed by atoms with Gasteiger partial charge < -0.3 is 16.4 Å². The van der Waals surface area contributed by atoms with Crippen molar-refractivity contribution in [2.75, 3.05) is 18.1 Å². The number of thiophene rings is 1. The summed E-state index contributed by atoms with van der Waals surface area (Å²) in [7, 11) is 1.56. The van der Waals surface area contributed by atoms with Crippen LogP contribution in [0.15, 0.2) is 30.3 Å². The Morgan fingerprint density at radius 1 is 1.20 bits per heavy atom. The van der Waals surface area contributed by atoms with Gasteiger partial charge in [-0.05, 0) is 31.2 Å². The third-order valence-electron chi connectivity index (χ3n) is 2.79. The molecule has 104 valence electrons. The summed E-state index contributed by atoms with van der Waals surface area (Å²) in [6.07, 6.45) is 0. The first-order valence-electron chi connectivity index (χ1n) is 6.00. The zero-order valence-corrected chi connectivity index (χ0v) is 12.0. The zero-order chi connectivity index (χ0) is 14.7. The smallest absolute Gasteiger partial charge is 0.265 e. The summed E-state index contributed by atoms with van der Waals surface area (Å²) in [4.78, 5) is 25.1. The molecule has 0 atom stereocenters. The van der Waals surface area contributed by atoms with Crippen molar-refractivity contribution in [3.8, 4) is 0 Å². The van der Waals surface area contributed by atoms with Gasteiger partial charge >= 0.3 is 0 Å². The van der Waals surface area contributed by atoms with Crippen LogP contribution in [0.3, 0.4) is 0 Å². The van der Waals surface area contributed by atoms with Gasteiger partial charge in [0.1, 0.15) is 0 Å². The maximum absolute atomic E-state index is 12.1. The van der Waals surface area contributed by atoms with Crippen LogP contribution in [-0.4, -0.2) is 18.9 Å². The molecule has 20 heavy (non-hydrogen) atoms. The lowest BCUT2D eigenvalue weighted by atomic mass is 10.2. The number of anilines is 2. The van der Waals surface area contributed by atoms with E-state index in [0.29, 0.717) is 21.8 Å². The van der Waals surface area contributed by atoms with Crippen LogP contribution in [0, 0.1) is 6.92 Å². The number of aryl methyl sites for hydroxylation is 1. The Labute approximate surface area is 120 Å². The summed E-state index contributed by atoms with van der Waals surface area (Å²) in [5, 5.41) is 5.29. The minimum absolute atomic E-state index is 0.197. The Balaban J connectivity index is 2.17. The normalized spacial score (nSPS) is 10.1. The largest absolute Gasteiger partial charge is 0.398 e. The molecule has 0 unspecified atom stereocenters. The Hall–Kier alpha value is -2.34. The van der Waals surface area contributed by atoms with Gasteiger partial charge in [0, 0.05) is 28.9 Å². The molecule has 2 aromatic rings. The van der Waals surface area contributed by atoms with Crippen molar-refractivity contribution in [2.45, 2.75) is 6.92 Å². The van der Waals surface area contributed by atoms with Gasteiger partial charge in [-0.1, -0.05) is 6.07 Å². The number of carbonyl (C=O) groups excluding carboxylic acids is 2. The van der Waals surface area contributed by atoms with Crippen LogP contribution >= 0.6 is 11.3 Å². The van der Waals surface area contributed by atoms with Crippen LogP contribution in [0.25, 0.3) is 0 Å². The van der Waals surface area contributed by atoms with Gasteiger partial charge in [-0.3, -0.25) is 9.59 Å². The Morgan fingerprint density at radius 3 is 2.55 bits per heavy atom. The molecule has 1 aromatic heterocycles. The molecule has 0 spiro atoms. The minimum atomic E-state index is -0.233. The SMILES string of the molecule is CNC(=O)c1cccc(NC(=O)c2cc(N)c(C)s2)c1. The van der Waals surface area contributed by atoms with E-state index >= 15 is 0 Å². The molecular weight excluding hydrogens is 274 g/mol. The predicted octanol–water partition coefficient (Wildman–Crippen LogP) is 2.25. The van der Waals surface area contributed by atoms with Crippen LogP contribution in [0.4, 0.5) is 11.4 Å². The highest BCUT2D eigenvalue weighted by Crippen LogP contribution is 2.24. The predicted molar refractivity (Wildman–Crippen MR) is 81.3 cm³/mol. The number of benzene rings is 1. The van der Waals surface area contributed by atoms with Crippen molar-refractivity contribution in [1.82, 2.24) is 5.32 Å². The molecule has 0 saturated carbocycles. The molecule has 6 heteroatoms. The second kappa shape index (κ2) is 5.75. The highest BCUT2D eigenvalue weighted by atomic mass is 32.1. The van der Waals surface area contributed by atoms with E-state index in [-0.39, 0.29) is 11.8 Å². The molecule has 0 aliphatic rings. The monoisotopic (exact) mass is 289 g/mol. The van der Waals surface area contributed by atoms with E-state index in [1.165, 1.54) is 11.3 Å². The number of nitrogens with one attached hydrogen (secondary N) is 2. The highest BCUT2D eigenvalue weighted by Gasteiger charge is 2.12. The van der Waals surface area contributed by atoms with Gasteiger partial charge in [-0.25, -0.2) is 0 Å². The molecule has 0 radical (unpaired) electrons. The Bertz CT molecular complexity index is 645. The van der Waals surface area contributed by atoms with Gasteiger partial charge in [0.05, 0.1) is 4.88 Å². The molecule has 2 amide bonds. The maximum Gasteiger partial charge on any atom is 0.265 e. The van der Waals surface area contributed by atoms with Crippen molar-refractivity contribution in [1.29, 1.82) is 0 Å². The fourth-order valence-corrected chi connectivity index (χ4v) is 2.52. The van der Waals surface area contributed by atoms with Crippen molar-refractivity contribution in [3.05, 3.63) is 45.6 Å². The molecule has 2 rings (SSSR count). The minimum Gasteiger partial charge on any atom is -0.398 e. The summed E-state index contributed by atoms with van der Waals surface area (Å²) in [5.74, 6) is -0.429. The van der Waals surface area contributed by atoms with Crippen molar-refractivity contribution < 1.29 is 9.59 Å². The summed E-state index contributed by atoms with van der Waals surface area (Å²) in [6.45, 7) is 1.86. The zero-order valence-electron chi connectivity index (χ0n) is 11.2. The molecule has 5 nitrogen and oxygen atoms in total. The van der Waals surface area contributed by atoms with E-state index in [2.05, 4.69) is 10.6 Å². The fourth-order valence-electron chi connectivity index (χ4n) is 1.68. The first kappa shape index (κ1) is 14.1. The molecule has 4 N–H and O–H groups in total. The number of carbonyl (C=O) groups is 2. The maximum atomic E-state index is 12.1. The highest BCUT2D eigenvalue weighted by molar-refractivity contribution is 7.14. The van der Waals surface area contributed by atoms with E-state index in [9.17, 15) is 9.59 Å². The van der Waals surface area contributed by atoms with Crippen LogP contribution < -0.4 is 16.4 Å². The first-order valence-corrected chi connectivity index (χ1v) is 6.82. The summed E-state index contributed by atoms with van der Waals surface area (Å²) in [5.41, 5.74) is 7.40. The first-order chi connectivity index (χ1) is 9.51. The summed E-state index contributed by atoms with van der Waals surface area (Å²) < 4.78 is 0. The number of nitrogen functional groups attached to an aromatic ring is 1. The molecular formula is C14H15N3O2S. The average molecular weight is 289 g/mol. The van der Waals surface area contributed by atoms with Gasteiger partial charge in [0.2, 0.25) is 0 Å². The fraction of sp³-hybridized carbons (Fsp3) is 0.143. The molecule has 1 heterocycles. The quantitative estimate of drug-likeness (QED) is 0.810. The van der Waals surface area contributed by atoms with Crippen LogP contribution in [0.2, 0.25) is 0 Å². The van der Waals surface area contributed by atoms with E-state index < -0.39 is 0 Å². The van der Waals surface area contributed by atoms with Crippen molar-refractivity contribution in [2.24, 2.45) is 0 Å². The standard InChI is InChI=1S/C14H15N3O2S/c1-8-11(15)7-12(20-8)14(19)17-10-5-3-4-9(6-10)13(18)16-2/h3-7H,15H2,1-2H3,(H,16,18)(H,17,19). The lowest BCUT2D eigenvalue weighted by Crippen LogP contribution is -2.18. The number of rotatable bonds is 3. The average Bonchev–Trinajstić information content (AvgIpc) is 2.78. The van der Waals surface area contributed by atoms with Crippen LogP contribution in [-0.2, 0) is 0 Å². The number of nitrogens with two attached hydrogens (primary N) is 1. The lowest BCUT2D eigenvalue weighted by molar-refractivity contribution is 0.0961. The number of hydrogen-bond donors (Lipinski definition) is 3. The van der Waals surface area contributed by atoms with E-state index in [0.717, 1.165) is 4.88 Å². The number of amides is 2. The Morgan fingerprint density at radius 2 is 1.95 bits per heavy atom. The lowest BCUT2D eigenvalue weighted by Gasteiger charge is -2.05. The Kier molecular flexibility index (Phi) is 4.05. The van der Waals surface area contributed by atoms with Gasteiger partial charge in [0.15, 0.2) is 0 Å². The third kappa shape index (κ3) is 2.97. The van der Waals surface area contributed by atoms with Crippen molar-refractivity contribution >= 4 is 34.5 Å². The number of hydrogen-bond acceptors (Lipinski definition) is 4. The van der Waals surface area contributed by atoms with Gasteiger partial charge in [-0.2, -0.15) is 0 Å². The van der Waals surface area contributed by atoms with Crippen molar-refractivity contribution in [3.63, 3.8) is 0 Å². The molecule has 0 saturated heterocycles. The third-order valence-corrected chi connectivity index (χ3v) is 3.85. The van der Waals surface area contributed by atoms with E-state index in [1.54, 1.807) is 37.4 Å². The molecule has 0 bridgehead atoms. The van der Waals surface area contributed by atoms with Gasteiger partial charge in [-0.15, -0.1) is 11.3 Å². The molecule has 0 aliphatic heterocycles. The second-order valence-electron chi connectivity index (χ2n) is 4.24. The van der Waals surface area contributed by atoms with Gasteiger partial charge in [0.25, 0.3) is 11.8 Å². The van der Waals surface area contributed by atoms with Crippen LogP contribution in [0.5, 0.6) is 0 Å². The second-order valence-corrected chi connectivity index (χ2v) is 5.49. The summed E-state index contributed by atoms with van der Waals surface area (Å²) in [6, 6.07) is 8.41. The van der Waals surface area contributed by atoms with E-state index in [1.807, 2.05) is 6.92 Å². The molecule has 1 aromatic carbocycles. The molecule has 0 fully saturated rings. The topological polar surface area (TPSA) is 84.2 Å². The van der Waals surface area contributed by atoms with E-state index in [4.69, 9.17) is 5.73 Å². The molecule has 0 aliphatic carbocycles. The van der Waals surface area contributed by atoms with Crippen LogP contribution in [0.1, 0.15) is 24.9 Å².